The van der Waals surface area contributed by atoms with E-state index in [1.54, 1.807) is 58.8 Å². The first kappa shape index (κ1) is 36.1. The van der Waals surface area contributed by atoms with E-state index in [0.717, 1.165) is 34.2 Å². The summed E-state index contributed by atoms with van der Waals surface area (Å²) in [5.41, 5.74) is 5.91. The molecule has 0 saturated heterocycles. The van der Waals surface area contributed by atoms with E-state index < -0.39 is 10.2 Å². The van der Waals surface area contributed by atoms with E-state index in [0.29, 0.717) is 0 Å². The van der Waals surface area contributed by atoms with Crippen molar-refractivity contribution in [3.8, 4) is 0 Å². The molecule has 0 amide bonds. The van der Waals surface area contributed by atoms with Crippen molar-refractivity contribution in [2.24, 2.45) is 15.0 Å². The van der Waals surface area contributed by atoms with Gasteiger partial charge < -0.3 is 45.6 Å². The molecule has 0 bridgehead atoms. The molecule has 36 heavy (non-hydrogen) atoms. The fourth-order valence-corrected chi connectivity index (χ4v) is 1.87. The molecule has 3 aromatic rings. The van der Waals surface area contributed by atoms with Crippen molar-refractivity contribution in [1.82, 2.24) is 29.9 Å². The van der Waals surface area contributed by atoms with Crippen LogP contribution in [0.1, 0.15) is 34.2 Å². The molecule has 3 N–H and O–H groups in total. The maximum absolute atomic E-state index is 8.25. The normalized spacial score (nSPS) is 9.50. The Balaban J connectivity index is -0.000000392. The Kier molecular flexibility index (Phi) is 22.4. The topological polar surface area (TPSA) is 256 Å². The Morgan fingerprint density at radius 2 is 0.833 bits per heavy atom. The van der Waals surface area contributed by atoms with Gasteiger partial charge >= 0.3 is 16.5 Å². The van der Waals surface area contributed by atoms with Crippen molar-refractivity contribution >= 4 is 18.6 Å². The largest absolute Gasteiger partial charge is 2.00 e. The number of aromatic nitrogens is 6. The van der Waals surface area contributed by atoms with Gasteiger partial charge in [-0.15, -0.1) is 0 Å². The first-order valence-electron chi connectivity index (χ1n) is 9.39. The van der Waals surface area contributed by atoms with Gasteiger partial charge in [0.05, 0.1) is 29.2 Å². The van der Waals surface area contributed by atoms with Crippen molar-refractivity contribution in [3.63, 3.8) is 0 Å². The van der Waals surface area contributed by atoms with Crippen LogP contribution in [0.3, 0.4) is 0 Å². The first-order valence-corrected chi connectivity index (χ1v) is 9.39. The molecule has 17 nitrogen and oxygen atoms in total. The molecule has 0 unspecified atom stereocenters. The van der Waals surface area contributed by atoms with Crippen LogP contribution < -0.4 is 0 Å². The molecule has 0 atom stereocenters. The molecule has 0 fully saturated rings. The van der Waals surface area contributed by atoms with Crippen LogP contribution in [0.4, 0.5) is 0 Å². The predicted molar refractivity (Wildman–Crippen MR) is 131 cm³/mol. The Hall–Kier alpha value is -4.47. The number of aryl methyl sites for hydroxylation is 3. The Morgan fingerprint density at radius 3 is 0.944 bits per heavy atom. The van der Waals surface area contributed by atoms with E-state index in [-0.39, 0.29) is 16.5 Å². The van der Waals surface area contributed by atoms with Crippen molar-refractivity contribution in [3.05, 3.63) is 83.8 Å². The van der Waals surface area contributed by atoms with Gasteiger partial charge in [0, 0.05) is 56.9 Å². The third kappa shape index (κ3) is 20.2. The summed E-state index contributed by atoms with van der Waals surface area (Å²) < 4.78 is 0. The Bertz CT molecular complexity index is 941. The molecule has 0 aliphatic heterocycles. The predicted octanol–water partition coefficient (Wildman–Crippen LogP) is 1.82. The van der Waals surface area contributed by atoms with E-state index in [2.05, 4.69) is 44.9 Å². The molecule has 3 aromatic heterocycles. The number of H-pyrrole nitrogens is 3. The van der Waals surface area contributed by atoms with Crippen molar-refractivity contribution in [2.45, 2.75) is 20.8 Å². The molecular weight excluding hydrogens is 525 g/mol. The number of aromatic amines is 3. The summed E-state index contributed by atoms with van der Waals surface area (Å²) in [5, 5.41) is 29.5. The average Bonchev–Trinajstić information content (AvgIpc) is 3.47. The summed E-state index contributed by atoms with van der Waals surface area (Å²) in [5.74, 6) is 0. The Morgan fingerprint density at radius 1 is 0.639 bits per heavy atom. The second kappa shape index (κ2) is 22.3. The zero-order valence-electron chi connectivity index (χ0n) is 20.3. The van der Waals surface area contributed by atoms with Crippen LogP contribution in [-0.4, -0.2) is 79.9 Å². The van der Waals surface area contributed by atoms with Crippen LogP contribution in [0, 0.1) is 51.4 Å². The van der Waals surface area contributed by atoms with Crippen LogP contribution in [0.5, 0.6) is 0 Å². The van der Waals surface area contributed by atoms with Crippen LogP contribution in [0.2, 0.25) is 0 Å². The van der Waals surface area contributed by atoms with E-state index in [9.17, 15) is 0 Å². The van der Waals surface area contributed by atoms with Crippen LogP contribution >= 0.6 is 0 Å². The minimum Gasteiger partial charge on any atom is -0.356 e. The zero-order valence-corrected chi connectivity index (χ0v) is 21.3. The van der Waals surface area contributed by atoms with Gasteiger partial charge in [-0.25, -0.2) is 15.0 Å². The van der Waals surface area contributed by atoms with Gasteiger partial charge in [0.2, 0.25) is 0 Å². The molecule has 0 aliphatic carbocycles. The van der Waals surface area contributed by atoms with E-state index in [4.69, 9.17) is 30.6 Å². The molecule has 3 rings (SSSR count). The number of hydrogen-bond acceptors (Lipinski definition) is 12. The SMILES string of the molecule is CN=Cc1nc[nH]c1C.CN=Cc1nc[nH]c1C.CN=Cc1nc[nH]c1C.O=[N+]([O-])[O-].O=[N+]([O-])[O-].[Ni+2]. The Labute approximate surface area is 216 Å². The van der Waals surface area contributed by atoms with E-state index in [1.807, 2.05) is 20.8 Å². The summed E-state index contributed by atoms with van der Waals surface area (Å²) in [6, 6.07) is 0. The fraction of sp³-hybridized carbons (Fsp3) is 0.333. The molecule has 3 heterocycles. The van der Waals surface area contributed by atoms with Crippen LogP contribution in [0.25, 0.3) is 0 Å². The fourth-order valence-electron chi connectivity index (χ4n) is 1.87. The maximum atomic E-state index is 8.25. The summed E-state index contributed by atoms with van der Waals surface area (Å²) in [6.07, 6.45) is 10.2. The van der Waals surface area contributed by atoms with Crippen molar-refractivity contribution < 1.29 is 26.7 Å². The third-order valence-corrected chi connectivity index (χ3v) is 3.36. The molecule has 0 radical (unpaired) electrons. The quantitative estimate of drug-likeness (QED) is 0.185. The van der Waals surface area contributed by atoms with Gasteiger partial charge in [-0.3, -0.25) is 15.0 Å². The molecule has 0 aromatic carbocycles. The number of imidazole rings is 3. The van der Waals surface area contributed by atoms with E-state index in [1.165, 1.54) is 0 Å². The number of hydrogen-bond donors (Lipinski definition) is 3. The molecule has 200 valence electrons. The van der Waals surface area contributed by atoms with Gasteiger partial charge in [-0.1, -0.05) is 0 Å². The molecule has 0 spiro atoms. The average molecular weight is 552 g/mol. The summed E-state index contributed by atoms with van der Waals surface area (Å²) in [7, 11) is 5.19. The van der Waals surface area contributed by atoms with Gasteiger partial charge in [0.25, 0.3) is 0 Å². The second-order valence-electron chi connectivity index (χ2n) is 5.85. The maximum Gasteiger partial charge on any atom is 2.00 e. The smallest absolute Gasteiger partial charge is 0.356 e. The molecule has 18 heteroatoms. The number of aliphatic imine (C=N–C) groups is 3. The first-order chi connectivity index (χ1) is 16.5. The second-order valence-corrected chi connectivity index (χ2v) is 5.85. The van der Waals surface area contributed by atoms with Gasteiger partial charge in [0.1, 0.15) is 17.1 Å². The van der Waals surface area contributed by atoms with Crippen LogP contribution in [-0.2, 0) is 16.5 Å². The third-order valence-electron chi connectivity index (χ3n) is 3.36. The minimum atomic E-state index is -1.75. The molecule has 0 aliphatic rings. The summed E-state index contributed by atoms with van der Waals surface area (Å²) in [4.78, 5) is 48.8. The van der Waals surface area contributed by atoms with Crippen LogP contribution in [0.15, 0.2) is 34.0 Å². The van der Waals surface area contributed by atoms with Crippen molar-refractivity contribution in [1.29, 1.82) is 0 Å². The number of nitrogens with zero attached hydrogens (tertiary/aromatic N) is 8. The van der Waals surface area contributed by atoms with E-state index >= 15 is 0 Å². The van der Waals surface area contributed by atoms with Gasteiger partial charge in [-0.2, -0.15) is 0 Å². The monoisotopic (exact) mass is 551 g/mol. The number of nitrogens with one attached hydrogen (secondary N) is 3. The minimum absolute atomic E-state index is 0. The standard InChI is InChI=1S/3C6H9N3.2NO3.Ni/c3*1-5-6(3-7-2)9-4-8-5;2*2-1(3)4;/h3*3-4H,1-2H3,(H,8,9);;;/q;;;2*-1;+2. The summed E-state index contributed by atoms with van der Waals surface area (Å²) in [6.45, 7) is 5.89. The molecular formula is C18H27N11NiO6. The molecule has 0 saturated carbocycles. The van der Waals surface area contributed by atoms with Gasteiger partial charge in [0.15, 0.2) is 0 Å². The van der Waals surface area contributed by atoms with Crippen molar-refractivity contribution in [2.75, 3.05) is 21.1 Å². The zero-order chi connectivity index (χ0) is 27.2. The number of rotatable bonds is 3. The summed E-state index contributed by atoms with van der Waals surface area (Å²) >= 11 is 0. The van der Waals surface area contributed by atoms with Gasteiger partial charge in [-0.05, 0) is 20.8 Å².